The molecule has 3 heteroatoms. The van der Waals surface area contributed by atoms with E-state index in [1.165, 1.54) is 0 Å². The van der Waals surface area contributed by atoms with Crippen molar-refractivity contribution in [1.29, 1.82) is 0 Å². The van der Waals surface area contributed by atoms with E-state index in [-0.39, 0.29) is 0 Å². The van der Waals surface area contributed by atoms with Gasteiger partial charge < -0.3 is 10.1 Å². The van der Waals surface area contributed by atoms with Gasteiger partial charge in [-0.05, 0) is 25.1 Å². The fourth-order valence-corrected chi connectivity index (χ4v) is 1.79. The second-order valence-electron chi connectivity index (χ2n) is 3.31. The molecular weight excluding hydrogens is 266 g/mol. The maximum absolute atomic E-state index is 5.29. The molecule has 1 aromatic carbocycles. The number of rotatable bonds is 5. The predicted molar refractivity (Wildman–Crippen MR) is 70.5 cm³/mol. The van der Waals surface area contributed by atoms with Gasteiger partial charge in [-0.25, -0.2) is 0 Å². The van der Waals surface area contributed by atoms with Crippen LogP contribution in [0, 0.1) is 11.8 Å². The molecule has 0 unspecified atom stereocenters. The van der Waals surface area contributed by atoms with E-state index in [1.54, 1.807) is 7.11 Å². The first-order valence-electron chi connectivity index (χ1n) is 5.20. The van der Waals surface area contributed by atoms with Crippen LogP contribution in [0.2, 0.25) is 0 Å². The summed E-state index contributed by atoms with van der Waals surface area (Å²) in [5, 5.41) is 3.34. The van der Waals surface area contributed by atoms with Crippen LogP contribution < -0.4 is 10.1 Å². The summed E-state index contributed by atoms with van der Waals surface area (Å²) in [4.78, 5) is 0. The Bertz CT molecular complexity index is 393. The van der Waals surface area contributed by atoms with Gasteiger partial charge in [-0.15, -0.1) is 11.8 Å². The van der Waals surface area contributed by atoms with E-state index in [0.29, 0.717) is 0 Å². The molecule has 1 aromatic rings. The Labute approximate surface area is 106 Å². The molecule has 0 fully saturated rings. The zero-order chi connectivity index (χ0) is 11.8. The van der Waals surface area contributed by atoms with Gasteiger partial charge in [-0.3, -0.25) is 0 Å². The molecule has 1 rings (SSSR count). The van der Waals surface area contributed by atoms with Gasteiger partial charge in [0, 0.05) is 29.5 Å². The molecule has 0 heterocycles. The number of nitrogens with one attached hydrogen (secondary N) is 1. The van der Waals surface area contributed by atoms with Crippen LogP contribution in [0.4, 0.5) is 0 Å². The van der Waals surface area contributed by atoms with Crippen molar-refractivity contribution in [2.24, 2.45) is 0 Å². The van der Waals surface area contributed by atoms with Crippen LogP contribution >= 0.6 is 15.9 Å². The summed E-state index contributed by atoms with van der Waals surface area (Å²) in [6.45, 7) is 3.56. The fourth-order valence-electron chi connectivity index (χ4n) is 1.38. The van der Waals surface area contributed by atoms with Crippen LogP contribution in [-0.2, 0) is 6.54 Å². The first kappa shape index (κ1) is 13.1. The van der Waals surface area contributed by atoms with E-state index in [9.17, 15) is 0 Å². The Morgan fingerprint density at radius 3 is 2.94 bits per heavy atom. The number of halogens is 1. The van der Waals surface area contributed by atoms with Crippen molar-refractivity contribution in [3.63, 3.8) is 0 Å². The minimum absolute atomic E-state index is 0.800. The lowest BCUT2D eigenvalue weighted by Gasteiger charge is -2.09. The molecule has 0 atom stereocenters. The van der Waals surface area contributed by atoms with Crippen LogP contribution in [0.15, 0.2) is 22.7 Å². The molecule has 0 aliphatic carbocycles. The number of hydrogen-bond acceptors (Lipinski definition) is 2. The van der Waals surface area contributed by atoms with Crippen molar-refractivity contribution in [3.05, 3.63) is 28.2 Å². The Morgan fingerprint density at radius 1 is 1.44 bits per heavy atom. The van der Waals surface area contributed by atoms with Gasteiger partial charge >= 0.3 is 0 Å². The van der Waals surface area contributed by atoms with E-state index < -0.39 is 0 Å². The van der Waals surface area contributed by atoms with Crippen molar-refractivity contribution < 1.29 is 4.74 Å². The van der Waals surface area contributed by atoms with Crippen LogP contribution in [0.1, 0.15) is 18.9 Å². The molecule has 0 saturated carbocycles. The Hall–Kier alpha value is -0.980. The smallest absolute Gasteiger partial charge is 0.123 e. The summed E-state index contributed by atoms with van der Waals surface area (Å²) in [5.74, 6) is 6.81. The molecule has 1 N–H and O–H groups in total. The Balaban J connectivity index is 2.50. The first-order chi connectivity index (χ1) is 7.77. The quantitative estimate of drug-likeness (QED) is 0.662. The van der Waals surface area contributed by atoms with Crippen molar-refractivity contribution >= 4 is 15.9 Å². The minimum Gasteiger partial charge on any atom is -0.496 e. The van der Waals surface area contributed by atoms with Gasteiger partial charge in [-0.2, -0.15) is 0 Å². The number of ether oxygens (including phenoxy) is 1. The van der Waals surface area contributed by atoms with E-state index in [4.69, 9.17) is 4.74 Å². The topological polar surface area (TPSA) is 21.3 Å². The molecular formula is C13H16BrNO. The third kappa shape index (κ3) is 4.26. The van der Waals surface area contributed by atoms with Gasteiger partial charge in [0.25, 0.3) is 0 Å². The highest BCUT2D eigenvalue weighted by Gasteiger charge is 2.02. The van der Waals surface area contributed by atoms with Crippen LogP contribution in [-0.4, -0.2) is 13.7 Å². The number of hydrogen-bond donors (Lipinski definition) is 1. The van der Waals surface area contributed by atoms with Crippen LogP contribution in [0.3, 0.4) is 0 Å². The second kappa shape index (κ2) is 7.32. The van der Waals surface area contributed by atoms with E-state index >= 15 is 0 Å². The average Bonchev–Trinajstić information content (AvgIpc) is 2.29. The van der Waals surface area contributed by atoms with Crippen LogP contribution in [0.25, 0.3) is 0 Å². The number of benzene rings is 1. The van der Waals surface area contributed by atoms with E-state index in [0.717, 1.165) is 35.3 Å². The predicted octanol–water partition coefficient (Wildman–Crippen LogP) is 2.96. The largest absolute Gasteiger partial charge is 0.496 e. The van der Waals surface area contributed by atoms with E-state index in [2.05, 4.69) is 39.2 Å². The zero-order valence-corrected chi connectivity index (χ0v) is 11.2. The standard InChI is InChI=1S/C13H16BrNO/c1-3-4-5-8-15-10-11-9-12(14)6-7-13(11)16-2/h6-7,9,15H,5,8,10H2,1-2H3. The molecule has 0 aliphatic rings. The molecule has 2 nitrogen and oxygen atoms in total. The summed E-state index contributed by atoms with van der Waals surface area (Å²) < 4.78 is 6.36. The van der Waals surface area contributed by atoms with Gasteiger partial charge in [0.1, 0.15) is 5.75 Å². The van der Waals surface area contributed by atoms with Gasteiger partial charge in [0.05, 0.1) is 7.11 Å². The van der Waals surface area contributed by atoms with Crippen molar-refractivity contribution in [1.82, 2.24) is 5.32 Å². The highest BCUT2D eigenvalue weighted by atomic mass is 79.9. The minimum atomic E-state index is 0.800. The summed E-state index contributed by atoms with van der Waals surface area (Å²) in [6.07, 6.45) is 0.882. The van der Waals surface area contributed by atoms with Crippen molar-refractivity contribution in [3.8, 4) is 17.6 Å². The fraction of sp³-hybridized carbons (Fsp3) is 0.385. The third-order valence-electron chi connectivity index (χ3n) is 2.16. The highest BCUT2D eigenvalue weighted by Crippen LogP contribution is 2.22. The first-order valence-corrected chi connectivity index (χ1v) is 6.00. The van der Waals surface area contributed by atoms with Crippen molar-refractivity contribution in [2.45, 2.75) is 19.9 Å². The Kier molecular flexibility index (Phi) is 5.99. The second-order valence-corrected chi connectivity index (χ2v) is 4.23. The van der Waals surface area contributed by atoms with Crippen molar-refractivity contribution in [2.75, 3.05) is 13.7 Å². The molecule has 0 bridgehead atoms. The maximum Gasteiger partial charge on any atom is 0.123 e. The normalized spacial score (nSPS) is 9.44. The zero-order valence-electron chi connectivity index (χ0n) is 9.64. The summed E-state index contributed by atoms with van der Waals surface area (Å²) in [7, 11) is 1.69. The molecule has 0 radical (unpaired) electrons. The molecule has 0 aromatic heterocycles. The molecule has 0 aliphatic heterocycles. The third-order valence-corrected chi connectivity index (χ3v) is 2.65. The number of methoxy groups -OCH3 is 1. The lowest BCUT2D eigenvalue weighted by atomic mass is 10.2. The monoisotopic (exact) mass is 281 g/mol. The molecule has 0 amide bonds. The molecule has 0 saturated heterocycles. The lowest BCUT2D eigenvalue weighted by Crippen LogP contribution is -2.14. The van der Waals surface area contributed by atoms with Gasteiger partial charge in [-0.1, -0.05) is 15.9 Å². The summed E-state index contributed by atoms with van der Waals surface area (Å²) >= 11 is 3.45. The molecule has 86 valence electrons. The van der Waals surface area contributed by atoms with Crippen LogP contribution in [0.5, 0.6) is 5.75 Å². The maximum atomic E-state index is 5.29. The molecule has 0 spiro atoms. The Morgan fingerprint density at radius 2 is 2.25 bits per heavy atom. The summed E-state index contributed by atoms with van der Waals surface area (Å²) in [6, 6.07) is 6.01. The van der Waals surface area contributed by atoms with Gasteiger partial charge in [0.15, 0.2) is 0 Å². The summed E-state index contributed by atoms with van der Waals surface area (Å²) in [5.41, 5.74) is 1.15. The van der Waals surface area contributed by atoms with Gasteiger partial charge in [0.2, 0.25) is 0 Å². The SMILES string of the molecule is CC#CCCNCc1cc(Br)ccc1OC. The van der Waals surface area contributed by atoms with E-state index in [1.807, 2.05) is 19.1 Å². The highest BCUT2D eigenvalue weighted by molar-refractivity contribution is 9.10. The average molecular weight is 282 g/mol. The molecule has 16 heavy (non-hydrogen) atoms. The lowest BCUT2D eigenvalue weighted by molar-refractivity contribution is 0.407.